The van der Waals surface area contributed by atoms with Gasteiger partial charge in [-0.1, -0.05) is 6.42 Å². The predicted molar refractivity (Wildman–Crippen MR) is 87.7 cm³/mol. The molecule has 1 aromatic carbocycles. The number of carbonyl (C=O) groups is 1. The van der Waals surface area contributed by atoms with Gasteiger partial charge in [0.2, 0.25) is 0 Å². The Morgan fingerprint density at radius 2 is 2.17 bits per heavy atom. The summed E-state index contributed by atoms with van der Waals surface area (Å²) >= 11 is 0. The summed E-state index contributed by atoms with van der Waals surface area (Å²) in [7, 11) is 0. The second-order valence-corrected chi connectivity index (χ2v) is 7.06. The van der Waals surface area contributed by atoms with Crippen molar-refractivity contribution in [1.82, 2.24) is 5.32 Å². The van der Waals surface area contributed by atoms with Crippen LogP contribution in [0.25, 0.3) is 0 Å². The second-order valence-electron chi connectivity index (χ2n) is 7.06. The van der Waals surface area contributed by atoms with Crippen LogP contribution < -0.4 is 10.1 Å². The van der Waals surface area contributed by atoms with Gasteiger partial charge in [-0.05, 0) is 55.2 Å². The third kappa shape index (κ3) is 3.25. The molecule has 1 N–H and O–H groups in total. The van der Waals surface area contributed by atoms with Crippen LogP contribution in [0.4, 0.5) is 0 Å². The highest BCUT2D eigenvalue weighted by molar-refractivity contribution is 5.94. The third-order valence-corrected chi connectivity index (χ3v) is 5.54. The van der Waals surface area contributed by atoms with Crippen molar-refractivity contribution in [2.45, 2.75) is 31.8 Å². The Hall–Kier alpha value is -2.06. The normalized spacial score (nSPS) is 29.5. The fourth-order valence-electron chi connectivity index (χ4n) is 4.08. The van der Waals surface area contributed by atoms with E-state index < -0.39 is 0 Å². The Morgan fingerprint density at radius 3 is 2.88 bits per heavy atom. The molecule has 2 saturated carbocycles. The molecule has 2 aliphatic carbocycles. The van der Waals surface area contributed by atoms with Gasteiger partial charge in [0.05, 0.1) is 12.2 Å². The van der Waals surface area contributed by atoms with E-state index in [1.54, 1.807) is 18.2 Å². The van der Waals surface area contributed by atoms with Gasteiger partial charge < -0.3 is 14.8 Å². The van der Waals surface area contributed by atoms with Crippen molar-refractivity contribution in [3.8, 4) is 11.8 Å². The number of nitriles is 1. The fraction of sp³-hybridized carbons (Fsp3) is 0.579. The predicted octanol–water partition coefficient (Wildman–Crippen LogP) is 2.50. The Bertz CT molecular complexity index is 668. The van der Waals surface area contributed by atoms with Gasteiger partial charge in [-0.2, -0.15) is 5.26 Å². The first-order valence-electron chi connectivity index (χ1n) is 8.83. The van der Waals surface area contributed by atoms with Gasteiger partial charge in [-0.25, -0.2) is 0 Å². The maximum absolute atomic E-state index is 12.3. The van der Waals surface area contributed by atoms with Crippen molar-refractivity contribution in [3.05, 3.63) is 29.3 Å². The largest absolute Gasteiger partial charge is 0.489 e. The first-order valence-corrected chi connectivity index (χ1v) is 8.83. The molecule has 5 nitrogen and oxygen atoms in total. The zero-order chi connectivity index (χ0) is 16.5. The van der Waals surface area contributed by atoms with E-state index in [1.807, 2.05) is 0 Å². The van der Waals surface area contributed by atoms with Crippen LogP contribution in [-0.4, -0.2) is 31.8 Å². The quantitative estimate of drug-likeness (QED) is 0.781. The van der Waals surface area contributed by atoms with E-state index in [9.17, 15) is 10.1 Å². The van der Waals surface area contributed by atoms with Gasteiger partial charge in [-0.15, -0.1) is 0 Å². The van der Waals surface area contributed by atoms with Gasteiger partial charge in [0.1, 0.15) is 24.5 Å². The van der Waals surface area contributed by atoms with Crippen molar-refractivity contribution in [3.63, 3.8) is 0 Å². The summed E-state index contributed by atoms with van der Waals surface area (Å²) in [5.74, 6) is 3.08. The number of ether oxygens (including phenoxy) is 2. The minimum atomic E-state index is -0.116. The molecule has 3 atom stereocenters. The molecule has 0 aromatic heterocycles. The highest BCUT2D eigenvalue weighted by Crippen LogP contribution is 2.58. The minimum absolute atomic E-state index is 0.116. The lowest BCUT2D eigenvalue weighted by atomic mass is 10.1. The zero-order valence-electron chi connectivity index (χ0n) is 13.7. The highest BCUT2D eigenvalue weighted by Gasteiger charge is 2.51. The molecule has 1 amide bonds. The van der Waals surface area contributed by atoms with Gasteiger partial charge in [0, 0.05) is 12.1 Å². The number of epoxide rings is 1. The van der Waals surface area contributed by atoms with Crippen molar-refractivity contribution in [2.24, 2.45) is 17.8 Å². The number of nitrogens with one attached hydrogen (secondary N) is 1. The van der Waals surface area contributed by atoms with Crippen LogP contribution in [0.15, 0.2) is 18.2 Å². The lowest BCUT2D eigenvalue weighted by Crippen LogP contribution is -2.25. The van der Waals surface area contributed by atoms with Crippen molar-refractivity contribution < 1.29 is 14.3 Å². The van der Waals surface area contributed by atoms with E-state index in [0.29, 0.717) is 30.1 Å². The lowest BCUT2D eigenvalue weighted by Gasteiger charge is -2.09. The van der Waals surface area contributed by atoms with Crippen molar-refractivity contribution in [1.29, 1.82) is 5.26 Å². The summed E-state index contributed by atoms with van der Waals surface area (Å²) in [6.07, 6.45) is 5.36. The second kappa shape index (κ2) is 6.45. The number of carbonyl (C=O) groups excluding carboxylic acids is 1. The Balaban J connectivity index is 1.29. The Labute approximate surface area is 141 Å². The van der Waals surface area contributed by atoms with E-state index in [2.05, 4.69) is 11.4 Å². The average molecular weight is 326 g/mol. The molecule has 0 bridgehead atoms. The minimum Gasteiger partial charge on any atom is -0.489 e. The summed E-state index contributed by atoms with van der Waals surface area (Å²) in [6.45, 7) is 1.88. The van der Waals surface area contributed by atoms with Crippen LogP contribution in [0.1, 0.15) is 41.6 Å². The molecule has 0 spiro atoms. The number of hydrogen-bond acceptors (Lipinski definition) is 4. The highest BCUT2D eigenvalue weighted by atomic mass is 16.6. The molecule has 0 radical (unpaired) electrons. The fourth-order valence-corrected chi connectivity index (χ4v) is 4.08. The zero-order valence-corrected chi connectivity index (χ0v) is 13.7. The molecule has 3 fully saturated rings. The van der Waals surface area contributed by atoms with E-state index >= 15 is 0 Å². The molecule has 1 aromatic rings. The average Bonchev–Trinajstić information content (AvgIpc) is 3.50. The molecule has 3 aliphatic rings. The molecule has 4 rings (SSSR count). The molecule has 24 heavy (non-hydrogen) atoms. The summed E-state index contributed by atoms with van der Waals surface area (Å²) < 4.78 is 10.7. The van der Waals surface area contributed by atoms with Gasteiger partial charge >= 0.3 is 0 Å². The van der Waals surface area contributed by atoms with Crippen LogP contribution in [0.2, 0.25) is 0 Å². The first kappa shape index (κ1) is 15.5. The van der Waals surface area contributed by atoms with Crippen LogP contribution >= 0.6 is 0 Å². The van der Waals surface area contributed by atoms with E-state index in [0.717, 1.165) is 30.7 Å². The summed E-state index contributed by atoms with van der Waals surface area (Å²) in [5, 5.41) is 12.2. The van der Waals surface area contributed by atoms with Crippen molar-refractivity contribution in [2.75, 3.05) is 19.8 Å². The molecular weight excluding hydrogens is 304 g/mol. The third-order valence-electron chi connectivity index (χ3n) is 5.54. The number of fused-ring (bicyclic) bond motifs is 1. The van der Waals surface area contributed by atoms with E-state index in [-0.39, 0.29) is 12.0 Å². The lowest BCUT2D eigenvalue weighted by molar-refractivity contribution is 0.0952. The maximum Gasteiger partial charge on any atom is 0.251 e. The van der Waals surface area contributed by atoms with Gasteiger partial charge in [-0.3, -0.25) is 4.79 Å². The molecule has 5 heteroatoms. The molecule has 126 valence electrons. The number of rotatable bonds is 7. The summed E-state index contributed by atoms with van der Waals surface area (Å²) in [4.78, 5) is 12.3. The first-order chi connectivity index (χ1) is 11.8. The monoisotopic (exact) mass is 326 g/mol. The number of amides is 1. The Morgan fingerprint density at radius 1 is 1.38 bits per heavy atom. The number of hydrogen-bond donors (Lipinski definition) is 1. The molecule has 1 heterocycles. The maximum atomic E-state index is 12.3. The van der Waals surface area contributed by atoms with Gasteiger partial charge in [0.15, 0.2) is 0 Å². The molecule has 1 aliphatic heterocycles. The van der Waals surface area contributed by atoms with E-state index in [1.165, 1.54) is 19.3 Å². The smallest absolute Gasteiger partial charge is 0.251 e. The van der Waals surface area contributed by atoms with E-state index in [4.69, 9.17) is 9.47 Å². The number of benzene rings is 1. The SMILES string of the molecule is N#Cc1cc(C(=O)NCCC2C3CCCC32)ccc1OCC1CO1. The molecule has 1 saturated heterocycles. The van der Waals surface area contributed by atoms with Crippen LogP contribution in [0, 0.1) is 29.1 Å². The molecular formula is C19H22N2O3. The standard InChI is InChI=1S/C19H22N2O3/c20-9-13-8-12(4-5-18(13)24-11-14-10-23-14)19(22)21-7-6-17-15-2-1-3-16(15)17/h4-5,8,14-17H,1-3,6-7,10-11H2,(H,21,22). The van der Waals surface area contributed by atoms with Crippen LogP contribution in [-0.2, 0) is 4.74 Å². The molecule has 3 unspecified atom stereocenters. The summed E-state index contributed by atoms with van der Waals surface area (Å²) in [6, 6.07) is 7.11. The topological polar surface area (TPSA) is 74.7 Å². The number of nitrogens with zero attached hydrogens (tertiary/aromatic N) is 1. The van der Waals surface area contributed by atoms with Gasteiger partial charge in [0.25, 0.3) is 5.91 Å². The van der Waals surface area contributed by atoms with Crippen LogP contribution in [0.5, 0.6) is 5.75 Å². The summed E-state index contributed by atoms with van der Waals surface area (Å²) in [5.41, 5.74) is 0.901. The van der Waals surface area contributed by atoms with Crippen LogP contribution in [0.3, 0.4) is 0 Å². The van der Waals surface area contributed by atoms with Crippen molar-refractivity contribution >= 4 is 5.91 Å². The Kier molecular flexibility index (Phi) is 4.15.